The van der Waals surface area contributed by atoms with Crippen LogP contribution in [0.4, 0.5) is 23.1 Å². The van der Waals surface area contributed by atoms with Crippen LogP contribution in [0.2, 0.25) is 5.02 Å². The normalized spacial score (nSPS) is 19.5. The summed E-state index contributed by atoms with van der Waals surface area (Å²) in [6.45, 7) is 0. The van der Waals surface area contributed by atoms with Crippen molar-refractivity contribution in [1.82, 2.24) is 15.5 Å². The van der Waals surface area contributed by atoms with E-state index in [0.717, 1.165) is 17.4 Å². The van der Waals surface area contributed by atoms with Crippen LogP contribution in [0.1, 0.15) is 0 Å². The summed E-state index contributed by atoms with van der Waals surface area (Å²) in [6, 6.07) is 2.46. The van der Waals surface area contributed by atoms with Crippen molar-refractivity contribution in [3.63, 3.8) is 0 Å². The maximum atomic E-state index is 13.4. The van der Waals surface area contributed by atoms with E-state index in [9.17, 15) is 18.0 Å². The monoisotopic (exact) mass is 366 g/mol. The first-order valence-corrected chi connectivity index (χ1v) is 7.14. The lowest BCUT2D eigenvalue weighted by Gasteiger charge is -2.29. The first kappa shape index (κ1) is 15.6. The predicted octanol–water partition coefficient (Wildman–Crippen LogP) is 3.00. The molecule has 0 aliphatic carbocycles. The molecule has 122 valence electrons. The number of halogens is 4. The van der Waals surface area contributed by atoms with Gasteiger partial charge in [-0.05, 0) is 12.1 Å². The fourth-order valence-electron chi connectivity index (χ4n) is 1.72. The maximum Gasteiger partial charge on any atom is 0.492 e. The van der Waals surface area contributed by atoms with Crippen LogP contribution in [0, 0.1) is 0 Å². The minimum Gasteiger partial charge on any atom is -0.424 e. The van der Waals surface area contributed by atoms with Crippen molar-refractivity contribution in [2.45, 2.75) is 12.1 Å². The number of carbonyl (C=O) groups is 1. The van der Waals surface area contributed by atoms with Crippen molar-refractivity contribution in [3.8, 4) is 11.5 Å². The van der Waals surface area contributed by atoms with E-state index in [0.29, 0.717) is 0 Å². The van der Waals surface area contributed by atoms with Gasteiger partial charge in [-0.25, -0.2) is 4.79 Å². The summed E-state index contributed by atoms with van der Waals surface area (Å²) >= 11 is 6.63. The molecule has 0 saturated heterocycles. The number of urea groups is 1. The van der Waals surface area contributed by atoms with Crippen LogP contribution in [0.3, 0.4) is 0 Å². The highest BCUT2D eigenvalue weighted by molar-refractivity contribution is 7.13. The number of nitrogens with one attached hydrogen (secondary N) is 2. The molecule has 12 heteroatoms. The number of aromatic nitrogens is 2. The number of amides is 2. The molecule has 1 atom stereocenters. The molecular formula is C11H6ClF3N4O3S. The van der Waals surface area contributed by atoms with Crippen molar-refractivity contribution in [2.24, 2.45) is 0 Å². The number of anilines is 1. The van der Waals surface area contributed by atoms with Gasteiger partial charge in [-0.3, -0.25) is 10.6 Å². The fourth-order valence-corrected chi connectivity index (χ4v) is 2.32. The Kier molecular flexibility index (Phi) is 3.68. The largest absolute Gasteiger partial charge is 0.492 e. The minimum absolute atomic E-state index is 0.0124. The molecule has 7 nitrogen and oxygen atoms in total. The second-order valence-electron chi connectivity index (χ2n) is 4.23. The van der Waals surface area contributed by atoms with Crippen LogP contribution < -0.4 is 20.1 Å². The molecule has 0 bridgehead atoms. The molecular weight excluding hydrogens is 361 g/mol. The van der Waals surface area contributed by atoms with Crippen LogP contribution >= 0.6 is 22.9 Å². The standard InChI is InChI=1S/C11H6ClF3N4O3S/c12-5-1-2-6-7(3-5)22-11(21-6,10(13,14)15)18-8(20)17-9-19-16-4-23-9/h1-4H,(H2,17,18,19,20)/t11-/m1/s1. The van der Waals surface area contributed by atoms with Gasteiger partial charge in [-0.15, -0.1) is 10.2 Å². The number of hydrogen-bond acceptors (Lipinski definition) is 6. The lowest BCUT2D eigenvalue weighted by atomic mass is 10.3. The number of fused-ring (bicyclic) bond motifs is 1. The highest BCUT2D eigenvalue weighted by Gasteiger charge is 2.65. The van der Waals surface area contributed by atoms with Gasteiger partial charge in [0.25, 0.3) is 0 Å². The highest BCUT2D eigenvalue weighted by atomic mass is 35.5. The van der Waals surface area contributed by atoms with Crippen LogP contribution in [-0.2, 0) is 0 Å². The van der Waals surface area contributed by atoms with Gasteiger partial charge in [0.05, 0.1) is 0 Å². The average Bonchev–Trinajstić information content (AvgIpc) is 3.04. The van der Waals surface area contributed by atoms with Crippen molar-refractivity contribution >= 4 is 34.1 Å². The third-order valence-electron chi connectivity index (χ3n) is 2.64. The van der Waals surface area contributed by atoms with Crippen molar-refractivity contribution in [2.75, 3.05) is 5.32 Å². The number of nitrogens with zero attached hydrogens (tertiary/aromatic N) is 2. The summed E-state index contributed by atoms with van der Waals surface area (Å²) < 4.78 is 49.7. The number of ether oxygens (including phenoxy) is 2. The third-order valence-corrected chi connectivity index (χ3v) is 3.49. The first-order valence-electron chi connectivity index (χ1n) is 5.89. The zero-order chi connectivity index (χ0) is 16.7. The van der Waals surface area contributed by atoms with Gasteiger partial charge in [0.15, 0.2) is 11.5 Å². The summed E-state index contributed by atoms with van der Waals surface area (Å²) in [6.07, 6.45) is -5.06. The van der Waals surface area contributed by atoms with Crippen molar-refractivity contribution < 1.29 is 27.4 Å². The number of carbonyl (C=O) groups excluding carboxylic acids is 1. The van der Waals surface area contributed by atoms with Crippen molar-refractivity contribution in [3.05, 3.63) is 28.7 Å². The lowest BCUT2D eigenvalue weighted by Crippen LogP contribution is -2.65. The highest BCUT2D eigenvalue weighted by Crippen LogP contribution is 2.46. The van der Waals surface area contributed by atoms with Crippen LogP contribution in [0.5, 0.6) is 11.5 Å². The van der Waals surface area contributed by atoms with E-state index in [1.54, 1.807) is 5.32 Å². The molecule has 2 N–H and O–H groups in total. The first-order chi connectivity index (χ1) is 10.8. The zero-order valence-corrected chi connectivity index (χ0v) is 12.4. The molecule has 0 fully saturated rings. The zero-order valence-electron chi connectivity index (χ0n) is 10.8. The average molecular weight is 367 g/mol. The molecule has 23 heavy (non-hydrogen) atoms. The van der Waals surface area contributed by atoms with Gasteiger partial charge in [0.1, 0.15) is 5.51 Å². The van der Waals surface area contributed by atoms with Gasteiger partial charge in [0, 0.05) is 11.1 Å². The van der Waals surface area contributed by atoms with Crippen LogP contribution in [0.25, 0.3) is 0 Å². The maximum absolute atomic E-state index is 13.4. The summed E-state index contributed by atoms with van der Waals surface area (Å²) in [5.74, 6) is -3.82. The summed E-state index contributed by atoms with van der Waals surface area (Å²) in [5.41, 5.74) is 1.30. The van der Waals surface area contributed by atoms with Gasteiger partial charge in [-0.2, -0.15) is 13.2 Å². The quantitative estimate of drug-likeness (QED) is 0.853. The molecule has 3 rings (SSSR count). The van der Waals surface area contributed by atoms with E-state index in [1.165, 1.54) is 17.6 Å². The number of rotatable bonds is 2. The van der Waals surface area contributed by atoms with Crippen molar-refractivity contribution in [1.29, 1.82) is 0 Å². The number of alkyl halides is 3. The van der Waals surface area contributed by atoms with Crippen LogP contribution in [0.15, 0.2) is 23.7 Å². The molecule has 0 unspecified atom stereocenters. The van der Waals surface area contributed by atoms with E-state index < -0.39 is 18.1 Å². The molecule has 2 amide bonds. The molecule has 1 aliphatic heterocycles. The Morgan fingerprint density at radius 2 is 2.04 bits per heavy atom. The number of hydrogen-bond donors (Lipinski definition) is 2. The second kappa shape index (κ2) is 5.42. The number of benzene rings is 1. The predicted molar refractivity (Wildman–Crippen MR) is 73.6 cm³/mol. The van der Waals surface area contributed by atoms with Gasteiger partial charge < -0.3 is 9.47 Å². The van der Waals surface area contributed by atoms with Gasteiger partial charge in [0.2, 0.25) is 5.13 Å². The molecule has 0 radical (unpaired) electrons. The Bertz CT molecular complexity index is 743. The Balaban J connectivity index is 1.84. The Labute approximate surface area is 135 Å². The SMILES string of the molecule is O=C(Nc1nncs1)N[C@]1(C(F)(F)F)Oc2ccc(Cl)cc2O1. The molecule has 0 spiro atoms. The Hall–Kier alpha value is -2.27. The second-order valence-corrected chi connectivity index (χ2v) is 5.50. The molecule has 2 aromatic rings. The summed E-state index contributed by atoms with van der Waals surface area (Å²) in [5, 5.41) is 10.8. The lowest BCUT2D eigenvalue weighted by molar-refractivity contribution is -0.317. The minimum atomic E-state index is -5.06. The van der Waals surface area contributed by atoms with Gasteiger partial charge in [-0.1, -0.05) is 22.9 Å². The Morgan fingerprint density at radius 1 is 1.30 bits per heavy atom. The molecule has 2 heterocycles. The smallest absolute Gasteiger partial charge is 0.424 e. The summed E-state index contributed by atoms with van der Waals surface area (Å²) in [4.78, 5) is 11.8. The van der Waals surface area contributed by atoms with E-state index in [4.69, 9.17) is 21.1 Å². The molecule has 1 aromatic heterocycles. The van der Waals surface area contributed by atoms with Gasteiger partial charge >= 0.3 is 18.1 Å². The molecule has 0 saturated carbocycles. The Morgan fingerprint density at radius 3 is 2.70 bits per heavy atom. The van der Waals surface area contributed by atoms with E-state index >= 15 is 0 Å². The topological polar surface area (TPSA) is 85.4 Å². The van der Waals surface area contributed by atoms with E-state index in [2.05, 4.69) is 15.5 Å². The van der Waals surface area contributed by atoms with E-state index in [-0.39, 0.29) is 21.7 Å². The van der Waals surface area contributed by atoms with Crippen LogP contribution in [-0.4, -0.2) is 28.3 Å². The molecule has 1 aliphatic rings. The third kappa shape index (κ3) is 2.97. The molecule has 1 aromatic carbocycles. The fraction of sp³-hybridized carbons (Fsp3) is 0.182. The van der Waals surface area contributed by atoms with E-state index in [1.807, 2.05) is 0 Å². The summed E-state index contributed by atoms with van der Waals surface area (Å²) in [7, 11) is 0.